The average Bonchev–Trinajstić information content (AvgIpc) is 1.84. The van der Waals surface area contributed by atoms with Gasteiger partial charge in [0.15, 0.2) is 0 Å². The van der Waals surface area contributed by atoms with E-state index in [1.54, 1.807) is 6.92 Å². The average molecular weight is 113 g/mol. The fourth-order valence-electron chi connectivity index (χ4n) is 0.440. The van der Waals surface area contributed by atoms with Gasteiger partial charge in [-0.2, -0.15) is 5.26 Å². The van der Waals surface area contributed by atoms with E-state index in [4.69, 9.17) is 10.4 Å². The molecule has 46 valence electrons. The van der Waals surface area contributed by atoms with Crippen LogP contribution >= 0.6 is 0 Å². The van der Waals surface area contributed by atoms with Crippen molar-refractivity contribution in [1.29, 1.82) is 5.26 Å². The summed E-state index contributed by atoms with van der Waals surface area (Å²) in [6.07, 6.45) is 0.217. The van der Waals surface area contributed by atoms with Crippen LogP contribution in [-0.4, -0.2) is 11.2 Å². The highest BCUT2D eigenvalue weighted by molar-refractivity contribution is 4.83. The second-order valence-electron chi connectivity index (χ2n) is 1.89. The lowest BCUT2D eigenvalue weighted by molar-refractivity contribution is 0.136. The number of nitriles is 1. The first-order chi connectivity index (χ1) is 3.72. The highest BCUT2D eigenvalue weighted by Gasteiger charge is 2.08. The summed E-state index contributed by atoms with van der Waals surface area (Å²) >= 11 is 0. The molecule has 0 aliphatic carbocycles. The summed E-state index contributed by atoms with van der Waals surface area (Å²) in [5.74, 6) is -0.222. The Morgan fingerprint density at radius 2 is 2.25 bits per heavy atom. The molecule has 0 aromatic carbocycles. The molecule has 0 spiro atoms. The van der Waals surface area contributed by atoms with Gasteiger partial charge in [0.1, 0.15) is 0 Å². The number of aliphatic hydroxyl groups excluding tert-OH is 1. The lowest BCUT2D eigenvalue weighted by Crippen LogP contribution is -2.13. The van der Waals surface area contributed by atoms with Gasteiger partial charge < -0.3 is 5.11 Å². The summed E-state index contributed by atoms with van der Waals surface area (Å²) < 4.78 is 0. The maximum Gasteiger partial charge on any atom is 0.0694 e. The van der Waals surface area contributed by atoms with Crippen molar-refractivity contribution < 1.29 is 5.11 Å². The number of hydrogen-bond donors (Lipinski definition) is 1. The van der Waals surface area contributed by atoms with E-state index in [1.165, 1.54) is 0 Å². The lowest BCUT2D eigenvalue weighted by atomic mass is 10.1. The van der Waals surface area contributed by atoms with Crippen LogP contribution < -0.4 is 0 Å². The molecule has 0 heterocycles. The summed E-state index contributed by atoms with van der Waals surface area (Å²) in [6, 6.07) is 1.97. The van der Waals surface area contributed by atoms with Crippen LogP contribution in [0.3, 0.4) is 0 Å². The number of rotatable bonds is 2. The largest absolute Gasteiger partial charge is 0.392 e. The summed E-state index contributed by atoms with van der Waals surface area (Å²) in [4.78, 5) is 0. The third-order valence-corrected chi connectivity index (χ3v) is 1.20. The van der Waals surface area contributed by atoms with Crippen molar-refractivity contribution >= 4 is 0 Å². The summed E-state index contributed by atoms with van der Waals surface area (Å²) in [5.41, 5.74) is 0. The lowest BCUT2D eigenvalue weighted by Gasteiger charge is -2.06. The third kappa shape index (κ3) is 1.94. The fourth-order valence-corrected chi connectivity index (χ4v) is 0.440. The summed E-state index contributed by atoms with van der Waals surface area (Å²) in [6.45, 7) is 3.58. The van der Waals surface area contributed by atoms with Gasteiger partial charge in [-0.05, 0) is 13.3 Å². The molecule has 0 aromatic heterocycles. The van der Waals surface area contributed by atoms with Gasteiger partial charge in [-0.3, -0.25) is 0 Å². The molecule has 0 aliphatic rings. The minimum Gasteiger partial charge on any atom is -0.392 e. The molecule has 0 fully saturated rings. The Kier molecular flexibility index (Phi) is 3.21. The molecule has 1 unspecified atom stereocenters. The SMILES string of the molecule is CC[C@H](O)C(C)C#N. The topological polar surface area (TPSA) is 44.0 Å². The highest BCUT2D eigenvalue weighted by Crippen LogP contribution is 2.03. The first-order valence-electron chi connectivity index (χ1n) is 2.80. The molecule has 0 bridgehead atoms. The maximum atomic E-state index is 8.90. The minimum absolute atomic E-state index is 0.222. The van der Waals surface area contributed by atoms with E-state index in [0.29, 0.717) is 6.42 Å². The van der Waals surface area contributed by atoms with E-state index in [9.17, 15) is 0 Å². The second-order valence-corrected chi connectivity index (χ2v) is 1.89. The quantitative estimate of drug-likeness (QED) is 0.578. The van der Waals surface area contributed by atoms with E-state index >= 15 is 0 Å². The van der Waals surface area contributed by atoms with Crippen molar-refractivity contribution in [2.24, 2.45) is 5.92 Å². The van der Waals surface area contributed by atoms with E-state index in [-0.39, 0.29) is 5.92 Å². The van der Waals surface area contributed by atoms with Gasteiger partial charge in [-0.1, -0.05) is 6.92 Å². The van der Waals surface area contributed by atoms with Crippen LogP contribution in [0.1, 0.15) is 20.3 Å². The zero-order valence-corrected chi connectivity index (χ0v) is 5.26. The molecule has 8 heavy (non-hydrogen) atoms. The van der Waals surface area contributed by atoms with Gasteiger partial charge >= 0.3 is 0 Å². The van der Waals surface area contributed by atoms with Crippen molar-refractivity contribution in [3.05, 3.63) is 0 Å². The normalized spacial score (nSPS) is 16.8. The molecule has 0 aromatic rings. The van der Waals surface area contributed by atoms with Crippen LogP contribution in [0, 0.1) is 17.2 Å². The van der Waals surface area contributed by atoms with Crippen LogP contribution in [0.15, 0.2) is 0 Å². The molecule has 0 saturated carbocycles. The van der Waals surface area contributed by atoms with Gasteiger partial charge in [0, 0.05) is 0 Å². The predicted molar refractivity (Wildman–Crippen MR) is 31.1 cm³/mol. The Labute approximate surface area is 49.8 Å². The van der Waals surface area contributed by atoms with Crippen molar-refractivity contribution in [2.75, 3.05) is 0 Å². The molecular formula is C6H11NO. The minimum atomic E-state index is -0.444. The van der Waals surface area contributed by atoms with E-state index in [0.717, 1.165) is 0 Å². The molecule has 0 radical (unpaired) electrons. The van der Waals surface area contributed by atoms with E-state index in [1.807, 2.05) is 13.0 Å². The highest BCUT2D eigenvalue weighted by atomic mass is 16.3. The van der Waals surface area contributed by atoms with Crippen LogP contribution in [0.4, 0.5) is 0 Å². The fraction of sp³-hybridized carbons (Fsp3) is 0.833. The van der Waals surface area contributed by atoms with Crippen LogP contribution in [0.25, 0.3) is 0 Å². The molecule has 0 saturated heterocycles. The van der Waals surface area contributed by atoms with Crippen LogP contribution in [0.5, 0.6) is 0 Å². The summed E-state index contributed by atoms with van der Waals surface area (Å²) in [5, 5.41) is 17.1. The van der Waals surface area contributed by atoms with E-state index in [2.05, 4.69) is 0 Å². The third-order valence-electron chi connectivity index (χ3n) is 1.20. The molecule has 2 atom stereocenters. The Bertz CT molecular complexity index is 95.2. The first kappa shape index (κ1) is 7.45. The monoisotopic (exact) mass is 113 g/mol. The molecule has 0 amide bonds. The number of nitrogens with zero attached hydrogens (tertiary/aromatic N) is 1. The Morgan fingerprint density at radius 1 is 1.75 bits per heavy atom. The molecule has 2 nitrogen and oxygen atoms in total. The summed E-state index contributed by atoms with van der Waals surface area (Å²) in [7, 11) is 0. The molecule has 0 rings (SSSR count). The van der Waals surface area contributed by atoms with Crippen LogP contribution in [0.2, 0.25) is 0 Å². The van der Waals surface area contributed by atoms with Crippen LogP contribution in [-0.2, 0) is 0 Å². The van der Waals surface area contributed by atoms with Gasteiger partial charge in [0.05, 0.1) is 18.1 Å². The Balaban J connectivity index is 3.49. The number of hydrogen-bond acceptors (Lipinski definition) is 2. The smallest absolute Gasteiger partial charge is 0.0694 e. The van der Waals surface area contributed by atoms with Crippen molar-refractivity contribution in [3.63, 3.8) is 0 Å². The predicted octanol–water partition coefficient (Wildman–Crippen LogP) is 0.917. The molecule has 0 aliphatic heterocycles. The van der Waals surface area contributed by atoms with E-state index < -0.39 is 6.10 Å². The number of aliphatic hydroxyl groups is 1. The second kappa shape index (κ2) is 3.45. The van der Waals surface area contributed by atoms with Gasteiger partial charge in [0.2, 0.25) is 0 Å². The Morgan fingerprint density at radius 3 is 2.38 bits per heavy atom. The van der Waals surface area contributed by atoms with Gasteiger partial charge in [0.25, 0.3) is 0 Å². The van der Waals surface area contributed by atoms with Gasteiger partial charge in [-0.15, -0.1) is 0 Å². The zero-order valence-electron chi connectivity index (χ0n) is 5.26. The Hall–Kier alpha value is -0.550. The van der Waals surface area contributed by atoms with Crippen molar-refractivity contribution in [1.82, 2.24) is 0 Å². The van der Waals surface area contributed by atoms with Crippen molar-refractivity contribution in [3.8, 4) is 6.07 Å². The first-order valence-corrected chi connectivity index (χ1v) is 2.80. The molecule has 1 N–H and O–H groups in total. The molecular weight excluding hydrogens is 102 g/mol. The molecule has 2 heteroatoms. The van der Waals surface area contributed by atoms with Gasteiger partial charge in [-0.25, -0.2) is 0 Å². The van der Waals surface area contributed by atoms with Crippen molar-refractivity contribution in [2.45, 2.75) is 26.4 Å². The zero-order chi connectivity index (χ0) is 6.57. The maximum absolute atomic E-state index is 8.90. The standard InChI is InChI=1S/C6H11NO/c1-3-6(8)5(2)4-7/h5-6,8H,3H2,1-2H3/t5?,6-/m0/s1.